The average Bonchev–Trinajstić information content (AvgIpc) is 3.17. The molecule has 0 aromatic heterocycles. The van der Waals surface area contributed by atoms with Crippen molar-refractivity contribution in [3.63, 3.8) is 0 Å². The first kappa shape index (κ1) is 26.7. The summed E-state index contributed by atoms with van der Waals surface area (Å²) in [6.07, 6.45) is 9.40. The molecule has 2 aliphatic heterocycles. The number of hydrogen-bond acceptors (Lipinski definition) is 5. The standard InChI is InChI=1S/C31H50O5/c1-7-21(18(2)3)9-8-19(4)23-10-11-24-26-25(13-14-29(23,24)6)30-15-12-22(36-20(5)32)16-31(30,34)28(33)27(26)35-17-30/h18-19,21-27,34H,7-17H2,1-6H3/t19?,21?,22-,23+,24-,25-,26-,27+,29+,30-,31-/m0/s1. The third-order valence-electron chi connectivity index (χ3n) is 12.4. The predicted molar refractivity (Wildman–Crippen MR) is 139 cm³/mol. The van der Waals surface area contributed by atoms with E-state index in [1.165, 1.54) is 45.4 Å². The van der Waals surface area contributed by atoms with Crippen molar-refractivity contribution in [1.29, 1.82) is 0 Å². The van der Waals surface area contributed by atoms with Crippen molar-refractivity contribution in [2.45, 2.75) is 124 Å². The molecule has 6 aliphatic rings. The zero-order chi connectivity index (χ0) is 26.0. The van der Waals surface area contributed by atoms with Gasteiger partial charge in [0, 0.05) is 18.8 Å². The fourth-order valence-electron chi connectivity index (χ4n) is 10.5. The number of hydrogen-bond donors (Lipinski definition) is 1. The van der Waals surface area contributed by atoms with Crippen LogP contribution < -0.4 is 0 Å². The fraction of sp³-hybridized carbons (Fsp3) is 0.935. The van der Waals surface area contributed by atoms with Gasteiger partial charge >= 0.3 is 5.97 Å². The Morgan fingerprint density at radius 2 is 1.86 bits per heavy atom. The maximum absolute atomic E-state index is 13.9. The summed E-state index contributed by atoms with van der Waals surface area (Å²) in [7, 11) is 0. The Labute approximate surface area is 218 Å². The summed E-state index contributed by atoms with van der Waals surface area (Å²) in [5.74, 6) is 3.58. The van der Waals surface area contributed by atoms with Gasteiger partial charge in [-0.1, -0.05) is 47.5 Å². The van der Waals surface area contributed by atoms with E-state index in [4.69, 9.17) is 9.47 Å². The molecule has 2 heterocycles. The van der Waals surface area contributed by atoms with Crippen LogP contribution in [0.1, 0.15) is 106 Å². The van der Waals surface area contributed by atoms with Crippen LogP contribution in [0.2, 0.25) is 0 Å². The molecule has 0 aromatic carbocycles. The minimum absolute atomic E-state index is 0.115. The summed E-state index contributed by atoms with van der Waals surface area (Å²) < 4.78 is 11.8. The van der Waals surface area contributed by atoms with Crippen LogP contribution in [-0.4, -0.2) is 41.3 Å². The van der Waals surface area contributed by atoms with Crippen LogP contribution >= 0.6 is 0 Å². The predicted octanol–water partition coefficient (Wildman–Crippen LogP) is 5.96. The number of Topliss-reactive ketones (excluding diaryl/α,β-unsaturated/α-hetero) is 1. The Hall–Kier alpha value is -0.940. The highest BCUT2D eigenvalue weighted by molar-refractivity contribution is 5.94. The lowest BCUT2D eigenvalue weighted by Crippen LogP contribution is -2.78. The molecular formula is C31H50O5. The average molecular weight is 503 g/mol. The maximum Gasteiger partial charge on any atom is 0.302 e. The second kappa shape index (κ2) is 9.36. The molecule has 0 aromatic rings. The Kier molecular flexibility index (Phi) is 6.93. The molecule has 6 fully saturated rings. The van der Waals surface area contributed by atoms with E-state index >= 15 is 0 Å². The molecule has 36 heavy (non-hydrogen) atoms. The van der Waals surface area contributed by atoms with E-state index in [0.717, 1.165) is 18.3 Å². The van der Waals surface area contributed by atoms with E-state index in [-0.39, 0.29) is 35.6 Å². The van der Waals surface area contributed by atoms with Crippen LogP contribution in [-0.2, 0) is 19.1 Å². The lowest BCUT2D eigenvalue weighted by molar-refractivity contribution is -0.296. The zero-order valence-corrected chi connectivity index (χ0v) is 23.6. The molecule has 2 saturated heterocycles. The van der Waals surface area contributed by atoms with E-state index in [1.54, 1.807) is 0 Å². The van der Waals surface area contributed by atoms with Crippen molar-refractivity contribution in [2.75, 3.05) is 6.61 Å². The molecule has 0 radical (unpaired) electrons. The van der Waals surface area contributed by atoms with Crippen LogP contribution in [0.4, 0.5) is 0 Å². The summed E-state index contributed by atoms with van der Waals surface area (Å²) in [5, 5.41) is 12.0. The third kappa shape index (κ3) is 3.76. The van der Waals surface area contributed by atoms with Gasteiger partial charge in [-0.15, -0.1) is 0 Å². The summed E-state index contributed by atoms with van der Waals surface area (Å²) >= 11 is 0. The third-order valence-corrected chi connectivity index (χ3v) is 12.4. The number of carbonyl (C=O) groups is 2. The van der Waals surface area contributed by atoms with Crippen molar-refractivity contribution in [3.05, 3.63) is 0 Å². The van der Waals surface area contributed by atoms with E-state index in [1.807, 2.05) is 0 Å². The normalized spacial score (nSPS) is 47.2. The highest BCUT2D eigenvalue weighted by atomic mass is 16.5. The van der Waals surface area contributed by atoms with Crippen LogP contribution in [0.3, 0.4) is 0 Å². The van der Waals surface area contributed by atoms with Gasteiger partial charge in [-0.25, -0.2) is 0 Å². The molecule has 2 unspecified atom stereocenters. The number of fused-ring (bicyclic) bond motifs is 2. The highest BCUT2D eigenvalue weighted by Gasteiger charge is 2.75. The summed E-state index contributed by atoms with van der Waals surface area (Å²) in [5.41, 5.74) is -1.68. The van der Waals surface area contributed by atoms with Crippen LogP contribution in [0.15, 0.2) is 0 Å². The molecule has 1 N–H and O–H groups in total. The van der Waals surface area contributed by atoms with Crippen molar-refractivity contribution < 1.29 is 24.2 Å². The van der Waals surface area contributed by atoms with Crippen LogP contribution in [0.5, 0.6) is 0 Å². The number of ketones is 1. The number of rotatable bonds is 7. The lowest BCUT2D eigenvalue weighted by atomic mass is 9.40. The van der Waals surface area contributed by atoms with E-state index in [0.29, 0.717) is 43.1 Å². The van der Waals surface area contributed by atoms with Crippen molar-refractivity contribution in [1.82, 2.24) is 0 Å². The minimum Gasteiger partial charge on any atom is -0.462 e. The Bertz CT molecular complexity index is 869. The minimum atomic E-state index is -1.42. The molecule has 4 saturated carbocycles. The molecule has 204 valence electrons. The van der Waals surface area contributed by atoms with Gasteiger partial charge in [0.25, 0.3) is 0 Å². The van der Waals surface area contributed by atoms with Gasteiger partial charge in [0.1, 0.15) is 17.8 Å². The molecule has 2 bridgehead atoms. The molecule has 4 aliphatic carbocycles. The summed E-state index contributed by atoms with van der Waals surface area (Å²) in [6.45, 7) is 14.0. The monoisotopic (exact) mass is 502 g/mol. The van der Waals surface area contributed by atoms with Gasteiger partial charge in [-0.3, -0.25) is 9.59 Å². The first-order valence-corrected chi connectivity index (χ1v) is 15.0. The summed E-state index contributed by atoms with van der Waals surface area (Å²) in [4.78, 5) is 25.5. The van der Waals surface area contributed by atoms with Crippen molar-refractivity contribution in [2.24, 2.45) is 52.3 Å². The second-order valence-corrected chi connectivity index (χ2v) is 14.1. The molecule has 11 atom stereocenters. The molecule has 6 rings (SSSR count). The van der Waals surface area contributed by atoms with E-state index in [9.17, 15) is 14.7 Å². The number of carbonyl (C=O) groups excluding carboxylic acids is 2. The number of ether oxygens (including phenoxy) is 2. The number of aliphatic hydroxyl groups is 1. The van der Waals surface area contributed by atoms with Gasteiger partial charge in [-0.05, 0) is 91.8 Å². The largest absolute Gasteiger partial charge is 0.462 e. The van der Waals surface area contributed by atoms with Crippen LogP contribution in [0, 0.1) is 52.3 Å². The molecule has 1 spiro atoms. The topological polar surface area (TPSA) is 72.8 Å². The Morgan fingerprint density at radius 3 is 2.53 bits per heavy atom. The highest BCUT2D eigenvalue weighted by Crippen LogP contribution is 2.71. The molecular weight excluding hydrogens is 452 g/mol. The fourth-order valence-corrected chi connectivity index (χ4v) is 10.5. The van der Waals surface area contributed by atoms with Gasteiger partial charge in [0.15, 0.2) is 5.78 Å². The zero-order valence-electron chi connectivity index (χ0n) is 23.6. The van der Waals surface area contributed by atoms with Crippen LogP contribution in [0.25, 0.3) is 0 Å². The van der Waals surface area contributed by atoms with Crippen molar-refractivity contribution in [3.8, 4) is 0 Å². The molecule has 5 heteroatoms. The smallest absolute Gasteiger partial charge is 0.302 e. The Balaban J connectivity index is 1.36. The molecule has 5 nitrogen and oxygen atoms in total. The first-order valence-electron chi connectivity index (χ1n) is 15.0. The van der Waals surface area contributed by atoms with Gasteiger partial charge < -0.3 is 14.6 Å². The maximum atomic E-state index is 13.9. The SMILES string of the molecule is CCC(CCC(C)[C@H]1CC[C@H]2[C@@H]3[C@H]4OC[C@@]5(CC[C@H](OC(C)=O)C[C@]5(O)C4=O)[C@H]3CC[C@]12C)C(C)C. The van der Waals surface area contributed by atoms with Crippen molar-refractivity contribution >= 4 is 11.8 Å². The van der Waals surface area contributed by atoms with Gasteiger partial charge in [0.05, 0.1) is 6.61 Å². The quantitative estimate of drug-likeness (QED) is 0.435. The Morgan fingerprint density at radius 1 is 1.11 bits per heavy atom. The number of esters is 1. The van der Waals surface area contributed by atoms with E-state index in [2.05, 4.69) is 34.6 Å². The van der Waals surface area contributed by atoms with Gasteiger partial charge in [-0.2, -0.15) is 0 Å². The molecule has 0 amide bonds. The summed E-state index contributed by atoms with van der Waals surface area (Å²) in [6, 6.07) is 0. The van der Waals surface area contributed by atoms with E-state index < -0.39 is 17.1 Å². The lowest BCUT2D eigenvalue weighted by Gasteiger charge is -2.68. The first-order chi connectivity index (χ1) is 17.0. The second-order valence-electron chi connectivity index (χ2n) is 14.1. The van der Waals surface area contributed by atoms with Gasteiger partial charge in [0.2, 0.25) is 0 Å².